The van der Waals surface area contributed by atoms with Gasteiger partial charge in [0.2, 0.25) is 17.7 Å². The number of amides is 2. The summed E-state index contributed by atoms with van der Waals surface area (Å²) in [4.78, 5) is 30.1. The van der Waals surface area contributed by atoms with Crippen LogP contribution in [-0.4, -0.2) is 40.9 Å². The third kappa shape index (κ3) is 4.51. The maximum atomic E-state index is 12.9. The molecule has 3 rings (SSSR count). The quantitative estimate of drug-likeness (QED) is 0.648. The predicted octanol–water partition coefficient (Wildman–Crippen LogP) is 3.08. The van der Waals surface area contributed by atoms with Gasteiger partial charge in [-0.15, -0.1) is 0 Å². The maximum Gasteiger partial charge on any atom is 0.239 e. The Morgan fingerprint density at radius 1 is 1.30 bits per heavy atom. The zero-order valence-electron chi connectivity index (χ0n) is 17.4. The number of carbonyl (C=O) groups is 2. The largest absolute Gasteiger partial charge is 0.489 e. The van der Waals surface area contributed by atoms with E-state index in [1.165, 1.54) is 0 Å². The molecule has 1 aromatic heterocycles. The molecule has 1 aliphatic heterocycles. The lowest BCUT2D eigenvalue weighted by atomic mass is 9.81. The number of nitrogens with two attached hydrogens (primary N) is 1. The van der Waals surface area contributed by atoms with E-state index in [4.69, 9.17) is 26.8 Å². The first kappa shape index (κ1) is 21.9. The van der Waals surface area contributed by atoms with Gasteiger partial charge in [0.15, 0.2) is 0 Å². The number of likely N-dealkylation sites (tertiary alicyclic amines) is 1. The van der Waals surface area contributed by atoms with E-state index in [2.05, 4.69) is 4.98 Å². The third-order valence-electron chi connectivity index (χ3n) is 5.48. The van der Waals surface area contributed by atoms with Crippen LogP contribution in [0.1, 0.15) is 38.3 Å². The first-order valence-electron chi connectivity index (χ1n) is 9.87. The van der Waals surface area contributed by atoms with E-state index in [9.17, 15) is 9.59 Å². The second-order valence-corrected chi connectivity index (χ2v) is 7.93. The molecule has 1 aromatic carbocycles. The van der Waals surface area contributed by atoms with Gasteiger partial charge in [-0.2, -0.15) is 0 Å². The number of primary amides is 1. The van der Waals surface area contributed by atoms with E-state index in [0.29, 0.717) is 43.0 Å². The van der Waals surface area contributed by atoms with Crippen LogP contribution in [0.5, 0.6) is 11.6 Å². The van der Waals surface area contributed by atoms with Crippen molar-refractivity contribution in [3.63, 3.8) is 0 Å². The molecule has 2 unspecified atom stereocenters. The molecular formula is C22H26ClN3O4. The number of carbonyl (C=O) groups excluding carboxylic acids is 2. The Hall–Kier alpha value is -2.80. The lowest BCUT2D eigenvalue weighted by Crippen LogP contribution is -2.46. The number of aromatic nitrogens is 1. The summed E-state index contributed by atoms with van der Waals surface area (Å²) in [5.74, 6) is 0.541. The Labute approximate surface area is 181 Å². The van der Waals surface area contributed by atoms with Crippen molar-refractivity contribution in [1.82, 2.24) is 9.88 Å². The van der Waals surface area contributed by atoms with Crippen molar-refractivity contribution >= 4 is 23.4 Å². The lowest BCUT2D eigenvalue weighted by molar-refractivity contribution is -0.138. The summed E-state index contributed by atoms with van der Waals surface area (Å²) < 4.78 is 11.2. The standard InChI is InChI=1S/C22H26ClN3O4/c1-4-29-19-12-15(11-18(23)25-19)13-30-17-7-5-16(6-8-17)22(3)9-10-26(21(22)28)14(2)20(24)27/h5-8,11-12,14H,4,9-10,13H2,1-3H3,(H2,24,27). The smallest absolute Gasteiger partial charge is 0.239 e. The summed E-state index contributed by atoms with van der Waals surface area (Å²) in [7, 11) is 0. The van der Waals surface area contributed by atoms with Crippen molar-refractivity contribution in [3.05, 3.63) is 52.7 Å². The Morgan fingerprint density at radius 2 is 2.00 bits per heavy atom. The van der Waals surface area contributed by atoms with E-state index in [-0.39, 0.29) is 5.91 Å². The van der Waals surface area contributed by atoms with E-state index in [0.717, 1.165) is 11.1 Å². The van der Waals surface area contributed by atoms with Crippen LogP contribution in [0.15, 0.2) is 36.4 Å². The highest BCUT2D eigenvalue weighted by molar-refractivity contribution is 6.29. The number of hydrogen-bond donors (Lipinski definition) is 1. The minimum atomic E-state index is -0.687. The lowest BCUT2D eigenvalue weighted by Gasteiger charge is -2.26. The van der Waals surface area contributed by atoms with Gasteiger partial charge in [-0.25, -0.2) is 4.98 Å². The highest BCUT2D eigenvalue weighted by atomic mass is 35.5. The molecule has 2 atom stereocenters. The molecule has 8 heteroatoms. The van der Waals surface area contributed by atoms with Crippen LogP contribution in [0.25, 0.3) is 0 Å². The molecule has 1 aliphatic rings. The maximum absolute atomic E-state index is 12.9. The molecule has 0 bridgehead atoms. The zero-order valence-corrected chi connectivity index (χ0v) is 18.1. The molecule has 2 N–H and O–H groups in total. The molecule has 30 heavy (non-hydrogen) atoms. The van der Waals surface area contributed by atoms with Crippen LogP contribution in [0.3, 0.4) is 0 Å². The van der Waals surface area contributed by atoms with Gasteiger partial charge < -0.3 is 20.1 Å². The van der Waals surface area contributed by atoms with Crippen LogP contribution in [0.2, 0.25) is 5.15 Å². The van der Waals surface area contributed by atoms with Crippen LogP contribution >= 0.6 is 11.6 Å². The van der Waals surface area contributed by atoms with Crippen LogP contribution in [-0.2, 0) is 21.6 Å². The molecule has 2 aromatic rings. The van der Waals surface area contributed by atoms with Crippen molar-refractivity contribution in [3.8, 4) is 11.6 Å². The SMILES string of the molecule is CCOc1cc(COc2ccc(C3(C)CCN(C(C)C(N)=O)C3=O)cc2)cc(Cl)n1. The highest BCUT2D eigenvalue weighted by Crippen LogP contribution is 2.37. The highest BCUT2D eigenvalue weighted by Gasteiger charge is 2.46. The molecule has 1 fully saturated rings. The average molecular weight is 432 g/mol. The average Bonchev–Trinajstić information content (AvgIpc) is 3.02. The Kier molecular flexibility index (Phi) is 6.51. The summed E-state index contributed by atoms with van der Waals surface area (Å²) in [6, 6.07) is 10.3. The fraction of sp³-hybridized carbons (Fsp3) is 0.409. The second-order valence-electron chi connectivity index (χ2n) is 7.54. The molecule has 2 amide bonds. The molecule has 0 spiro atoms. The van der Waals surface area contributed by atoms with Gasteiger partial charge in [0, 0.05) is 12.6 Å². The molecule has 1 saturated heterocycles. The van der Waals surface area contributed by atoms with Crippen molar-refractivity contribution in [2.24, 2.45) is 5.73 Å². The number of rotatable bonds is 8. The van der Waals surface area contributed by atoms with Gasteiger partial charge in [0.1, 0.15) is 23.6 Å². The van der Waals surface area contributed by atoms with E-state index < -0.39 is 17.4 Å². The Bertz CT molecular complexity index is 934. The minimum absolute atomic E-state index is 0.0858. The van der Waals surface area contributed by atoms with Crippen molar-refractivity contribution in [1.29, 1.82) is 0 Å². The van der Waals surface area contributed by atoms with Crippen molar-refractivity contribution in [2.45, 2.75) is 45.3 Å². The minimum Gasteiger partial charge on any atom is -0.489 e. The van der Waals surface area contributed by atoms with Gasteiger partial charge in [0.25, 0.3) is 0 Å². The third-order valence-corrected chi connectivity index (χ3v) is 5.68. The van der Waals surface area contributed by atoms with Gasteiger partial charge in [-0.1, -0.05) is 23.7 Å². The first-order valence-corrected chi connectivity index (χ1v) is 10.3. The number of pyridine rings is 1. The number of hydrogen-bond acceptors (Lipinski definition) is 5. The van der Waals surface area contributed by atoms with Crippen LogP contribution < -0.4 is 15.2 Å². The van der Waals surface area contributed by atoms with Crippen LogP contribution in [0.4, 0.5) is 0 Å². The van der Waals surface area contributed by atoms with Gasteiger partial charge >= 0.3 is 0 Å². The van der Waals surface area contributed by atoms with Crippen molar-refractivity contribution < 1.29 is 19.1 Å². The summed E-state index contributed by atoms with van der Waals surface area (Å²) >= 11 is 6.03. The molecular weight excluding hydrogens is 406 g/mol. The predicted molar refractivity (Wildman–Crippen MR) is 114 cm³/mol. The molecule has 2 heterocycles. The first-order chi connectivity index (χ1) is 14.2. The topological polar surface area (TPSA) is 94.7 Å². The molecule has 0 saturated carbocycles. The fourth-order valence-corrected chi connectivity index (χ4v) is 3.80. The number of nitrogens with zero attached hydrogens (tertiary/aromatic N) is 2. The Morgan fingerprint density at radius 3 is 2.63 bits per heavy atom. The number of ether oxygens (including phenoxy) is 2. The van der Waals surface area contributed by atoms with E-state index in [1.54, 1.807) is 24.0 Å². The van der Waals surface area contributed by atoms with E-state index >= 15 is 0 Å². The normalized spacial score (nSPS) is 19.6. The number of benzene rings is 1. The zero-order chi connectivity index (χ0) is 21.9. The van der Waals surface area contributed by atoms with Gasteiger partial charge in [-0.05, 0) is 56.5 Å². The second kappa shape index (κ2) is 8.92. The summed E-state index contributed by atoms with van der Waals surface area (Å²) in [5.41, 5.74) is 6.41. The van der Waals surface area contributed by atoms with E-state index in [1.807, 2.05) is 38.1 Å². The summed E-state index contributed by atoms with van der Waals surface area (Å²) in [6.45, 7) is 6.74. The molecule has 0 aliphatic carbocycles. The van der Waals surface area contributed by atoms with Crippen molar-refractivity contribution in [2.75, 3.05) is 13.2 Å². The van der Waals surface area contributed by atoms with Crippen LogP contribution in [0, 0.1) is 0 Å². The fourth-order valence-electron chi connectivity index (χ4n) is 3.57. The monoisotopic (exact) mass is 431 g/mol. The summed E-state index contributed by atoms with van der Waals surface area (Å²) in [5, 5.41) is 0.345. The van der Waals surface area contributed by atoms with Gasteiger partial charge in [0.05, 0.1) is 12.0 Å². The van der Waals surface area contributed by atoms with Gasteiger partial charge in [-0.3, -0.25) is 9.59 Å². The Balaban J connectivity index is 1.68. The summed E-state index contributed by atoms with van der Waals surface area (Å²) in [6.07, 6.45) is 0.624. The molecule has 160 valence electrons. The number of halogens is 1. The molecule has 0 radical (unpaired) electrons. The molecule has 7 nitrogen and oxygen atoms in total.